The molecular weight excluding hydrogens is 1000 g/mol. The Labute approximate surface area is 460 Å². The van der Waals surface area contributed by atoms with E-state index in [9.17, 15) is 19.2 Å². The van der Waals surface area contributed by atoms with Gasteiger partial charge in [-0.05, 0) is 156 Å². The number of thioether (sulfide) groups is 2. The minimum absolute atomic E-state index is 0.0802. The summed E-state index contributed by atoms with van der Waals surface area (Å²) in [4.78, 5) is 73.8. The number of methoxy groups -OCH3 is 2. The number of nitrogens with zero attached hydrogens (tertiary/aromatic N) is 4. The first kappa shape index (κ1) is 52.5. The quantitative estimate of drug-likeness (QED) is 0.0730. The van der Waals surface area contributed by atoms with E-state index in [1.807, 2.05) is 34.7 Å². The van der Waals surface area contributed by atoms with E-state index in [2.05, 4.69) is 112 Å². The van der Waals surface area contributed by atoms with E-state index in [-0.39, 0.29) is 40.6 Å². The van der Waals surface area contributed by atoms with Gasteiger partial charge in [-0.3, -0.25) is 9.59 Å². The first-order valence-electron chi connectivity index (χ1n) is 27.2. The minimum atomic E-state index is -0.656. The Kier molecular flexibility index (Phi) is 15.1. The van der Waals surface area contributed by atoms with Crippen LogP contribution in [0, 0.1) is 10.8 Å². The Bertz CT molecular complexity index is 3150. The molecule has 6 aliphatic carbocycles. The molecule has 4 amide bonds. The number of aromatic amines is 2. The number of benzene rings is 4. The zero-order valence-electron chi connectivity index (χ0n) is 44.8. The van der Waals surface area contributed by atoms with Gasteiger partial charge >= 0.3 is 12.2 Å². The van der Waals surface area contributed by atoms with E-state index in [0.717, 1.165) is 103 Å². The zero-order valence-corrected chi connectivity index (χ0v) is 46.4. The number of carbonyl (C=O) groups excluding carboxylic acids is 4. The number of hydrogen-bond acceptors (Lipinski definition) is 10. The van der Waals surface area contributed by atoms with Gasteiger partial charge in [0.25, 0.3) is 0 Å². The number of aromatic nitrogens is 4. The van der Waals surface area contributed by atoms with Crippen molar-refractivity contribution in [1.29, 1.82) is 0 Å². The van der Waals surface area contributed by atoms with Crippen LogP contribution in [0.15, 0.2) is 97.3 Å². The van der Waals surface area contributed by atoms with E-state index in [4.69, 9.17) is 19.4 Å². The lowest BCUT2D eigenvalue weighted by molar-refractivity contribution is -0.135. The molecule has 402 valence electrons. The summed E-state index contributed by atoms with van der Waals surface area (Å²) < 4.78 is 9.77. The molecule has 2 aliphatic heterocycles. The zero-order chi connectivity index (χ0) is 53.4. The van der Waals surface area contributed by atoms with Gasteiger partial charge < -0.3 is 39.9 Å². The number of amides is 4. The van der Waals surface area contributed by atoms with Gasteiger partial charge in [0.15, 0.2) is 0 Å². The van der Waals surface area contributed by atoms with Gasteiger partial charge in [-0.25, -0.2) is 19.6 Å². The van der Waals surface area contributed by atoms with Crippen LogP contribution in [0.5, 0.6) is 0 Å². The first-order valence-corrected chi connectivity index (χ1v) is 30.0. The Hall–Kier alpha value is -6.52. The summed E-state index contributed by atoms with van der Waals surface area (Å²) in [6.07, 6.45) is 16.5. The molecule has 0 radical (unpaired) electrons. The van der Waals surface area contributed by atoms with Crippen LogP contribution in [-0.2, 0) is 38.3 Å². The third-order valence-electron chi connectivity index (χ3n) is 17.2. The van der Waals surface area contributed by atoms with Crippen molar-refractivity contribution < 1.29 is 28.7 Å². The predicted molar refractivity (Wildman–Crippen MR) is 305 cm³/mol. The van der Waals surface area contributed by atoms with Crippen LogP contribution in [0.2, 0.25) is 0 Å². The highest BCUT2D eigenvalue weighted by Crippen LogP contribution is 2.59. The average Bonchev–Trinajstić information content (AvgIpc) is 4.27. The summed E-state index contributed by atoms with van der Waals surface area (Å²) in [6.45, 7) is 3.67. The van der Waals surface area contributed by atoms with E-state index >= 15 is 0 Å². The van der Waals surface area contributed by atoms with Crippen LogP contribution >= 0.6 is 23.5 Å². The second-order valence-electron chi connectivity index (χ2n) is 22.3. The van der Waals surface area contributed by atoms with E-state index in [1.165, 1.54) is 58.7 Å². The second-order valence-corrected chi connectivity index (χ2v) is 24.3. The highest BCUT2D eigenvalue weighted by atomic mass is 32.2. The molecule has 0 unspecified atom stereocenters. The molecule has 4 N–H and O–H groups in total. The molecule has 4 heterocycles. The lowest BCUT2D eigenvalue weighted by atomic mass is 9.84. The highest BCUT2D eigenvalue weighted by molar-refractivity contribution is 7.98. The largest absolute Gasteiger partial charge is 0.453 e. The van der Waals surface area contributed by atoms with Gasteiger partial charge in [-0.1, -0.05) is 91.9 Å². The molecule has 2 spiro atoms. The summed E-state index contributed by atoms with van der Waals surface area (Å²) in [6, 6.07) is 29.9. The van der Waals surface area contributed by atoms with Crippen molar-refractivity contribution in [1.82, 2.24) is 40.4 Å². The number of aryl methyl sites for hydroxylation is 2. The van der Waals surface area contributed by atoms with Crippen molar-refractivity contribution in [2.24, 2.45) is 10.8 Å². The molecular formula is C61H70N8O6S2. The predicted octanol–water partition coefficient (Wildman–Crippen LogP) is 11.3. The van der Waals surface area contributed by atoms with Crippen LogP contribution in [0.25, 0.3) is 44.8 Å². The highest BCUT2D eigenvalue weighted by Gasteiger charge is 2.56. The Balaban J connectivity index is 0.780. The summed E-state index contributed by atoms with van der Waals surface area (Å²) in [5.74, 6) is 3.15. The molecule has 14 rings (SSSR count). The van der Waals surface area contributed by atoms with Crippen LogP contribution < -0.4 is 10.6 Å². The number of rotatable bonds is 16. The van der Waals surface area contributed by atoms with Gasteiger partial charge in [-0.2, -0.15) is 23.5 Å². The normalized spacial score (nSPS) is 20.4. The number of carbonyl (C=O) groups is 4. The topological polar surface area (TPSA) is 175 Å². The molecule has 77 heavy (non-hydrogen) atoms. The molecule has 2 aromatic heterocycles. The van der Waals surface area contributed by atoms with Gasteiger partial charge in [0, 0.05) is 36.6 Å². The van der Waals surface area contributed by atoms with Crippen molar-refractivity contribution in [3.8, 4) is 44.8 Å². The van der Waals surface area contributed by atoms with Gasteiger partial charge in [0.1, 0.15) is 23.7 Å². The molecule has 5 atom stereocenters. The van der Waals surface area contributed by atoms with E-state index in [0.29, 0.717) is 25.9 Å². The van der Waals surface area contributed by atoms with Crippen LogP contribution in [0.1, 0.15) is 110 Å². The third-order valence-corrected chi connectivity index (χ3v) is 18.5. The molecule has 4 aromatic carbocycles. The summed E-state index contributed by atoms with van der Waals surface area (Å²) >= 11 is 3.30. The average molecular weight is 1080 g/mol. The fourth-order valence-electron chi connectivity index (χ4n) is 12.2. The summed E-state index contributed by atoms with van der Waals surface area (Å²) in [5.41, 5.74) is 14.0. The number of H-pyrrole nitrogens is 2. The van der Waals surface area contributed by atoms with Gasteiger partial charge in [0.2, 0.25) is 11.8 Å². The number of hydrogen-bond donors (Lipinski definition) is 4. The molecule has 2 saturated carbocycles. The fourth-order valence-corrected chi connectivity index (χ4v) is 13.2. The monoisotopic (exact) mass is 1070 g/mol. The maximum Gasteiger partial charge on any atom is 0.407 e. The summed E-state index contributed by atoms with van der Waals surface area (Å²) in [5, 5.41) is 5.60. The minimum Gasteiger partial charge on any atom is -0.453 e. The van der Waals surface area contributed by atoms with Crippen molar-refractivity contribution >= 4 is 47.5 Å². The second kappa shape index (κ2) is 22.1. The number of alkyl carbamates (subject to hydrolysis) is 2. The number of likely N-dealkylation sites (tertiary alicyclic amines) is 2. The third kappa shape index (κ3) is 11.1. The number of imidazole rings is 2. The number of ether oxygens (including phenoxy) is 2. The maximum absolute atomic E-state index is 14.1. The van der Waals surface area contributed by atoms with Crippen LogP contribution in [-0.4, -0.2) is 117 Å². The van der Waals surface area contributed by atoms with Gasteiger partial charge in [0.05, 0.1) is 37.7 Å². The van der Waals surface area contributed by atoms with Crippen LogP contribution in [0.3, 0.4) is 0 Å². The Morgan fingerprint density at radius 1 is 0.636 bits per heavy atom. The Morgan fingerprint density at radius 3 is 1.57 bits per heavy atom. The number of nitrogens with one attached hydrogen (secondary N) is 4. The molecule has 14 nitrogen and oxygen atoms in total. The van der Waals surface area contributed by atoms with Crippen molar-refractivity contribution in [2.45, 2.75) is 108 Å². The molecule has 4 fully saturated rings. The smallest absolute Gasteiger partial charge is 0.407 e. The molecule has 8 aliphatic rings. The standard InChI is InChI=1S/C61H70N8O6S2/c1-37-28-45-9-7-38(29-46(45)40-10-15-42(16-11-40)50-33-62-54(64-50)52-31-60(22-23-60)35-68(52)56(70)48(20-26-76-4)66-58(72)74-2)6-8-39-14-19-44(37)30-47(39)41-12-17-43(18-13-41)51-34-63-55(65-51)53-32-61(24-25-61)36-69(53)57(71)49(21-27-77-5)67-59(73)75-3/h7,9-19,29-30,33-34,37,48-49,52-53H,6,8,20-28,31-32,35-36H2,1-5H3,(H,62,64)(H,63,65)(H,66,72)(H,67,73)/t37-,48+,49+,52+,53+/m1/s1. The van der Waals surface area contributed by atoms with Crippen LogP contribution in [0.4, 0.5) is 9.59 Å². The molecule has 4 bridgehead atoms. The molecule has 6 aromatic rings. The van der Waals surface area contributed by atoms with Crippen molar-refractivity contribution in [2.75, 3.05) is 51.3 Å². The fraction of sp³-hybridized carbons (Fsp3) is 0.443. The molecule has 2 saturated heterocycles. The lowest BCUT2D eigenvalue weighted by Gasteiger charge is -2.28. The summed E-state index contributed by atoms with van der Waals surface area (Å²) in [7, 11) is 2.65. The van der Waals surface area contributed by atoms with Crippen molar-refractivity contribution in [3.05, 3.63) is 131 Å². The van der Waals surface area contributed by atoms with E-state index in [1.54, 1.807) is 23.5 Å². The van der Waals surface area contributed by atoms with E-state index < -0.39 is 24.3 Å². The lowest BCUT2D eigenvalue weighted by Crippen LogP contribution is -2.49. The SMILES string of the molecule is COC(=O)N[C@@H](CCSC)C(=O)N1CC2(CC2)C[C@H]1c1nc(-c2ccc(-c3cc4ccc3CCc3ccc(c(-c5ccc(-c6c[nH]c([C@@H]7CC8(CC8)CN7C(=O)[C@H](CCSC)NC(=O)OC)n6)cc5)c3)C[C@H]4C)cc2)c[nH]1. The Morgan fingerprint density at radius 2 is 1.10 bits per heavy atom. The van der Waals surface area contributed by atoms with Crippen molar-refractivity contribution in [3.63, 3.8) is 0 Å². The first-order chi connectivity index (χ1) is 37.4. The van der Waals surface area contributed by atoms with Gasteiger partial charge in [-0.15, -0.1) is 0 Å². The molecule has 16 heteroatoms. The maximum atomic E-state index is 14.1.